The average molecular weight is 268 g/mol. The van der Waals surface area contributed by atoms with Gasteiger partial charge >= 0.3 is 0 Å². The van der Waals surface area contributed by atoms with Crippen molar-refractivity contribution in [1.82, 2.24) is 9.97 Å². The SMILES string of the molecule is CSc1ccc(-c2nc3cc(C)c(C)cc3[nH]2)cc1. The van der Waals surface area contributed by atoms with E-state index < -0.39 is 0 Å². The number of hydrogen-bond donors (Lipinski definition) is 1. The molecule has 3 rings (SSSR count). The number of aryl methyl sites for hydroxylation is 2. The van der Waals surface area contributed by atoms with Crippen molar-refractivity contribution < 1.29 is 0 Å². The summed E-state index contributed by atoms with van der Waals surface area (Å²) in [5.74, 6) is 0.938. The molecule has 1 N–H and O–H groups in total. The van der Waals surface area contributed by atoms with Gasteiger partial charge < -0.3 is 4.98 Å². The number of imidazole rings is 1. The molecule has 1 aromatic heterocycles. The summed E-state index contributed by atoms with van der Waals surface area (Å²) < 4.78 is 0. The molecule has 1 heterocycles. The zero-order valence-corrected chi connectivity index (χ0v) is 12.1. The number of rotatable bonds is 2. The minimum Gasteiger partial charge on any atom is -0.338 e. The average Bonchev–Trinajstić information content (AvgIpc) is 2.82. The van der Waals surface area contributed by atoms with Gasteiger partial charge in [-0.3, -0.25) is 0 Å². The number of aromatic amines is 1. The molecule has 2 aromatic carbocycles. The molecule has 19 heavy (non-hydrogen) atoms. The maximum absolute atomic E-state index is 4.68. The second-order valence-electron chi connectivity index (χ2n) is 4.77. The molecule has 0 amide bonds. The Hall–Kier alpha value is -1.74. The van der Waals surface area contributed by atoms with Gasteiger partial charge in [-0.1, -0.05) is 12.1 Å². The largest absolute Gasteiger partial charge is 0.338 e. The summed E-state index contributed by atoms with van der Waals surface area (Å²) in [6.45, 7) is 4.25. The fraction of sp³-hybridized carbons (Fsp3) is 0.188. The predicted octanol–water partition coefficient (Wildman–Crippen LogP) is 4.57. The monoisotopic (exact) mass is 268 g/mol. The van der Waals surface area contributed by atoms with Crippen LogP contribution in [-0.4, -0.2) is 16.2 Å². The van der Waals surface area contributed by atoms with E-state index in [2.05, 4.69) is 66.5 Å². The summed E-state index contributed by atoms with van der Waals surface area (Å²) in [7, 11) is 0. The lowest BCUT2D eigenvalue weighted by atomic mass is 10.1. The Morgan fingerprint density at radius 1 is 1.00 bits per heavy atom. The first-order valence-electron chi connectivity index (χ1n) is 6.29. The van der Waals surface area contributed by atoms with Crippen LogP contribution in [0.3, 0.4) is 0 Å². The van der Waals surface area contributed by atoms with E-state index in [1.807, 2.05) is 0 Å². The van der Waals surface area contributed by atoms with E-state index in [0.717, 1.165) is 22.4 Å². The van der Waals surface area contributed by atoms with Crippen molar-refractivity contribution in [2.24, 2.45) is 0 Å². The van der Waals surface area contributed by atoms with Gasteiger partial charge in [-0.2, -0.15) is 0 Å². The Kier molecular flexibility index (Phi) is 3.07. The van der Waals surface area contributed by atoms with Gasteiger partial charge in [0.1, 0.15) is 5.82 Å². The third kappa shape index (κ3) is 2.26. The lowest BCUT2D eigenvalue weighted by molar-refractivity contribution is 1.32. The molecule has 0 unspecified atom stereocenters. The van der Waals surface area contributed by atoms with E-state index in [1.54, 1.807) is 11.8 Å². The van der Waals surface area contributed by atoms with Crippen molar-refractivity contribution in [2.75, 3.05) is 6.26 Å². The minimum atomic E-state index is 0.938. The van der Waals surface area contributed by atoms with E-state index >= 15 is 0 Å². The second-order valence-corrected chi connectivity index (χ2v) is 5.65. The third-order valence-electron chi connectivity index (χ3n) is 3.46. The summed E-state index contributed by atoms with van der Waals surface area (Å²) in [4.78, 5) is 9.35. The molecule has 0 aliphatic rings. The van der Waals surface area contributed by atoms with Crippen LogP contribution < -0.4 is 0 Å². The Labute approximate surface area is 117 Å². The number of H-pyrrole nitrogens is 1. The van der Waals surface area contributed by atoms with Crippen LogP contribution in [-0.2, 0) is 0 Å². The highest BCUT2D eigenvalue weighted by Gasteiger charge is 2.06. The van der Waals surface area contributed by atoms with Gasteiger partial charge in [-0.05, 0) is 55.5 Å². The molecule has 0 fully saturated rings. The smallest absolute Gasteiger partial charge is 0.138 e. The topological polar surface area (TPSA) is 28.7 Å². The van der Waals surface area contributed by atoms with Gasteiger partial charge in [0.25, 0.3) is 0 Å². The van der Waals surface area contributed by atoms with Crippen molar-refractivity contribution in [3.8, 4) is 11.4 Å². The molecule has 0 aliphatic heterocycles. The Bertz CT molecular complexity index is 687. The van der Waals surface area contributed by atoms with Crippen molar-refractivity contribution in [3.05, 3.63) is 47.5 Å². The maximum Gasteiger partial charge on any atom is 0.138 e. The second kappa shape index (κ2) is 4.74. The number of nitrogens with zero attached hydrogens (tertiary/aromatic N) is 1. The first-order chi connectivity index (χ1) is 9.17. The van der Waals surface area contributed by atoms with Crippen molar-refractivity contribution in [1.29, 1.82) is 0 Å². The van der Waals surface area contributed by atoms with Gasteiger partial charge in [-0.15, -0.1) is 11.8 Å². The predicted molar refractivity (Wildman–Crippen MR) is 82.8 cm³/mol. The van der Waals surface area contributed by atoms with Crippen LogP contribution in [0, 0.1) is 13.8 Å². The summed E-state index contributed by atoms with van der Waals surface area (Å²) in [5, 5.41) is 0. The lowest BCUT2D eigenvalue weighted by Gasteiger charge is -1.98. The first kappa shape index (κ1) is 12.3. The molecule has 3 heteroatoms. The maximum atomic E-state index is 4.68. The highest BCUT2D eigenvalue weighted by molar-refractivity contribution is 7.98. The van der Waals surface area contributed by atoms with E-state index in [1.165, 1.54) is 16.0 Å². The molecule has 0 aliphatic carbocycles. The number of aromatic nitrogens is 2. The zero-order chi connectivity index (χ0) is 13.4. The molecule has 2 nitrogen and oxygen atoms in total. The van der Waals surface area contributed by atoms with Crippen LogP contribution in [0.4, 0.5) is 0 Å². The van der Waals surface area contributed by atoms with Gasteiger partial charge in [0.05, 0.1) is 11.0 Å². The highest BCUT2D eigenvalue weighted by Crippen LogP contribution is 2.24. The zero-order valence-electron chi connectivity index (χ0n) is 11.3. The Morgan fingerprint density at radius 2 is 1.68 bits per heavy atom. The molecule has 0 radical (unpaired) electrons. The Morgan fingerprint density at radius 3 is 2.37 bits per heavy atom. The molecular weight excluding hydrogens is 252 g/mol. The normalized spacial score (nSPS) is 11.1. The van der Waals surface area contributed by atoms with Crippen LogP contribution in [0.2, 0.25) is 0 Å². The number of nitrogens with one attached hydrogen (secondary N) is 1. The first-order valence-corrected chi connectivity index (χ1v) is 7.51. The molecule has 3 aromatic rings. The fourth-order valence-corrected chi connectivity index (χ4v) is 2.56. The lowest BCUT2D eigenvalue weighted by Crippen LogP contribution is -1.79. The molecule has 0 bridgehead atoms. The highest BCUT2D eigenvalue weighted by atomic mass is 32.2. The summed E-state index contributed by atoms with van der Waals surface area (Å²) in [6.07, 6.45) is 2.09. The number of fused-ring (bicyclic) bond motifs is 1. The standard InChI is InChI=1S/C16H16N2S/c1-10-8-14-15(9-11(10)2)18-16(17-14)12-4-6-13(19-3)7-5-12/h4-9H,1-3H3,(H,17,18). The van der Waals surface area contributed by atoms with Crippen molar-refractivity contribution in [3.63, 3.8) is 0 Å². The molecular formula is C16H16N2S. The van der Waals surface area contributed by atoms with E-state index in [4.69, 9.17) is 0 Å². The van der Waals surface area contributed by atoms with E-state index in [-0.39, 0.29) is 0 Å². The van der Waals surface area contributed by atoms with Gasteiger partial charge in [0.15, 0.2) is 0 Å². The Balaban J connectivity index is 2.09. The number of benzene rings is 2. The molecule has 0 saturated carbocycles. The fourth-order valence-electron chi connectivity index (χ4n) is 2.16. The van der Waals surface area contributed by atoms with Crippen molar-refractivity contribution in [2.45, 2.75) is 18.7 Å². The van der Waals surface area contributed by atoms with Crippen molar-refractivity contribution >= 4 is 22.8 Å². The molecule has 0 spiro atoms. The van der Waals surface area contributed by atoms with E-state index in [0.29, 0.717) is 0 Å². The van der Waals surface area contributed by atoms with Gasteiger partial charge in [0.2, 0.25) is 0 Å². The minimum absolute atomic E-state index is 0.938. The number of thioether (sulfide) groups is 1. The van der Waals surface area contributed by atoms with Crippen LogP contribution >= 0.6 is 11.8 Å². The summed E-state index contributed by atoms with van der Waals surface area (Å²) in [5.41, 5.74) is 5.84. The van der Waals surface area contributed by atoms with Crippen LogP contribution in [0.5, 0.6) is 0 Å². The van der Waals surface area contributed by atoms with Crippen LogP contribution in [0.15, 0.2) is 41.3 Å². The summed E-state index contributed by atoms with van der Waals surface area (Å²) in [6, 6.07) is 12.8. The number of hydrogen-bond acceptors (Lipinski definition) is 2. The molecule has 0 saturated heterocycles. The van der Waals surface area contributed by atoms with Crippen LogP contribution in [0.25, 0.3) is 22.4 Å². The van der Waals surface area contributed by atoms with Crippen LogP contribution in [0.1, 0.15) is 11.1 Å². The van der Waals surface area contributed by atoms with Gasteiger partial charge in [0, 0.05) is 10.5 Å². The summed E-state index contributed by atoms with van der Waals surface area (Å²) >= 11 is 1.75. The quantitative estimate of drug-likeness (QED) is 0.690. The van der Waals surface area contributed by atoms with Gasteiger partial charge in [-0.25, -0.2) is 4.98 Å². The van der Waals surface area contributed by atoms with E-state index in [9.17, 15) is 0 Å². The molecule has 0 atom stereocenters. The molecule has 96 valence electrons. The third-order valence-corrected chi connectivity index (χ3v) is 4.20.